The topological polar surface area (TPSA) is 119 Å². The van der Waals surface area contributed by atoms with E-state index in [0.717, 1.165) is 36.0 Å². The predicted molar refractivity (Wildman–Crippen MR) is 170 cm³/mol. The van der Waals surface area contributed by atoms with Crippen LogP contribution >= 0.6 is 0 Å². The molecular weight excluding hydrogens is 568 g/mol. The Kier molecular flexibility index (Phi) is 7.13. The van der Waals surface area contributed by atoms with Crippen LogP contribution in [-0.4, -0.2) is 64.1 Å². The van der Waals surface area contributed by atoms with Gasteiger partial charge in [-0.15, -0.1) is 0 Å². The van der Waals surface area contributed by atoms with Crippen molar-refractivity contribution in [2.45, 2.75) is 77.2 Å². The number of nitrogens with one attached hydrogen (secondary N) is 1. The van der Waals surface area contributed by atoms with Crippen LogP contribution in [0.2, 0.25) is 0 Å². The number of carbonyl (C=O) groups is 2. The van der Waals surface area contributed by atoms with Crippen LogP contribution in [0.3, 0.4) is 0 Å². The van der Waals surface area contributed by atoms with Gasteiger partial charge in [-0.3, -0.25) is 14.5 Å². The molecular formula is C37H46N2O6. The first-order chi connectivity index (χ1) is 21.4. The van der Waals surface area contributed by atoms with Crippen molar-refractivity contribution in [3.8, 4) is 0 Å². The first-order valence-corrected chi connectivity index (χ1v) is 16.5. The normalized spacial score (nSPS) is 40.9. The average molecular weight is 615 g/mol. The number of aryl methyl sites for hydroxylation is 1. The minimum atomic E-state index is -1.54. The van der Waals surface area contributed by atoms with Crippen LogP contribution in [0, 0.1) is 40.9 Å². The van der Waals surface area contributed by atoms with E-state index in [0.29, 0.717) is 37.2 Å². The van der Waals surface area contributed by atoms with Gasteiger partial charge in [-0.05, 0) is 73.8 Å². The van der Waals surface area contributed by atoms with Crippen LogP contribution in [-0.2, 0) is 26.4 Å². The smallest absolute Gasteiger partial charge is 0.318 e. The van der Waals surface area contributed by atoms with E-state index in [1.54, 1.807) is 0 Å². The fraction of sp³-hybridized carbons (Fsp3) is 0.568. The molecule has 7 rings (SSSR count). The molecule has 0 radical (unpaired) electrons. The third-order valence-corrected chi connectivity index (χ3v) is 13.0. The number of likely N-dealkylation sites (tertiary alicyclic amines) is 1. The summed E-state index contributed by atoms with van der Waals surface area (Å²) >= 11 is 0. The van der Waals surface area contributed by atoms with E-state index in [1.165, 1.54) is 0 Å². The van der Waals surface area contributed by atoms with Gasteiger partial charge in [0, 0.05) is 29.8 Å². The highest BCUT2D eigenvalue weighted by Crippen LogP contribution is 2.68. The van der Waals surface area contributed by atoms with Gasteiger partial charge in [0.25, 0.3) is 5.91 Å². The summed E-state index contributed by atoms with van der Waals surface area (Å²) in [6.45, 7) is 11.4. The van der Waals surface area contributed by atoms with E-state index in [9.17, 15) is 24.9 Å². The van der Waals surface area contributed by atoms with Gasteiger partial charge in [0.2, 0.25) is 0 Å². The SMILES string of the molecule is C=C1CC[C@@H]2[C@](C)(CO)[C@H](O)CC[C@@]2(C)[C@@H]1CC1CN(Cc2ccccc2)[C@@]2(C(=O)Nc3ccc(C)cc32)[C@]12C(=O)OC[C@H]2O. The number of esters is 1. The van der Waals surface area contributed by atoms with Crippen molar-refractivity contribution in [3.05, 3.63) is 77.4 Å². The van der Waals surface area contributed by atoms with Gasteiger partial charge in [-0.1, -0.05) is 74.0 Å². The van der Waals surface area contributed by atoms with E-state index in [1.807, 2.05) is 62.4 Å². The summed E-state index contributed by atoms with van der Waals surface area (Å²) in [6, 6.07) is 15.8. The summed E-state index contributed by atoms with van der Waals surface area (Å²) in [4.78, 5) is 31.2. The average Bonchev–Trinajstić information content (AvgIpc) is 3.60. The fourth-order valence-corrected chi connectivity index (χ4v) is 10.8. The molecule has 4 N–H and O–H groups in total. The molecule has 0 bridgehead atoms. The van der Waals surface area contributed by atoms with Crippen LogP contribution in [0.15, 0.2) is 60.7 Å². The number of hydrogen-bond donors (Lipinski definition) is 4. The van der Waals surface area contributed by atoms with Gasteiger partial charge in [-0.2, -0.15) is 0 Å². The van der Waals surface area contributed by atoms with Crippen molar-refractivity contribution in [1.29, 1.82) is 0 Å². The summed E-state index contributed by atoms with van der Waals surface area (Å²) < 4.78 is 5.74. The van der Waals surface area contributed by atoms with Gasteiger partial charge in [0.1, 0.15) is 23.7 Å². The molecule has 2 aromatic carbocycles. The van der Waals surface area contributed by atoms with Crippen LogP contribution in [0.5, 0.6) is 0 Å². The molecule has 8 heteroatoms. The Hall–Kier alpha value is -3.04. The number of hydrogen-bond acceptors (Lipinski definition) is 7. The Bertz CT molecular complexity index is 1540. The van der Waals surface area contributed by atoms with Crippen molar-refractivity contribution in [2.75, 3.05) is 25.1 Å². The van der Waals surface area contributed by atoms with Crippen LogP contribution in [0.4, 0.5) is 5.69 Å². The number of fused-ring (bicyclic) bond motifs is 4. The molecule has 2 spiro atoms. The van der Waals surface area contributed by atoms with Crippen LogP contribution in [0.1, 0.15) is 62.6 Å². The van der Waals surface area contributed by atoms with E-state index in [4.69, 9.17) is 4.74 Å². The maximum Gasteiger partial charge on any atom is 0.318 e. The largest absolute Gasteiger partial charge is 0.462 e. The molecule has 5 aliphatic rings. The molecule has 8 nitrogen and oxygen atoms in total. The third kappa shape index (κ3) is 3.92. The highest BCUT2D eigenvalue weighted by molar-refractivity contribution is 6.10. The minimum Gasteiger partial charge on any atom is -0.462 e. The number of amides is 1. The number of carbonyl (C=O) groups excluding carboxylic acids is 2. The van der Waals surface area contributed by atoms with Crippen LogP contribution < -0.4 is 5.32 Å². The molecule has 3 aliphatic heterocycles. The summed E-state index contributed by atoms with van der Waals surface area (Å²) in [7, 11) is 0. The summed E-state index contributed by atoms with van der Waals surface area (Å²) in [5, 5.41) is 36.8. The zero-order chi connectivity index (χ0) is 31.9. The molecule has 240 valence electrons. The van der Waals surface area contributed by atoms with Crippen molar-refractivity contribution in [3.63, 3.8) is 0 Å². The number of aliphatic hydroxyl groups excluding tert-OH is 3. The van der Waals surface area contributed by atoms with Crippen molar-refractivity contribution >= 4 is 17.6 Å². The first kappa shape index (κ1) is 30.6. The number of rotatable bonds is 5. The molecule has 2 aliphatic carbocycles. The zero-order valence-corrected chi connectivity index (χ0v) is 26.6. The van der Waals surface area contributed by atoms with Gasteiger partial charge < -0.3 is 25.4 Å². The molecule has 2 saturated heterocycles. The lowest BCUT2D eigenvalue weighted by molar-refractivity contribution is -0.166. The van der Waals surface area contributed by atoms with E-state index >= 15 is 0 Å². The fourth-order valence-electron chi connectivity index (χ4n) is 10.8. The Morgan fingerprint density at radius 2 is 1.82 bits per heavy atom. The lowest BCUT2D eigenvalue weighted by Gasteiger charge is -2.60. The Morgan fingerprint density at radius 3 is 2.51 bits per heavy atom. The second-order valence-electron chi connectivity index (χ2n) is 15.0. The second-order valence-corrected chi connectivity index (χ2v) is 15.0. The number of nitrogens with zero attached hydrogens (tertiary/aromatic N) is 1. The molecule has 1 amide bonds. The lowest BCUT2D eigenvalue weighted by atomic mass is 9.45. The zero-order valence-electron chi connectivity index (χ0n) is 26.6. The predicted octanol–water partition coefficient (Wildman–Crippen LogP) is 4.31. The summed E-state index contributed by atoms with van der Waals surface area (Å²) in [5.41, 5.74) is 0.502. The molecule has 1 unspecified atom stereocenters. The first-order valence-electron chi connectivity index (χ1n) is 16.5. The van der Waals surface area contributed by atoms with E-state index in [2.05, 4.69) is 23.7 Å². The minimum absolute atomic E-state index is 0.0349. The quantitative estimate of drug-likeness (QED) is 0.293. The summed E-state index contributed by atoms with van der Waals surface area (Å²) in [5.74, 6) is -1.23. The Balaban J connectivity index is 1.40. The lowest BCUT2D eigenvalue weighted by Crippen LogP contribution is -2.63. The summed E-state index contributed by atoms with van der Waals surface area (Å²) in [6.07, 6.45) is 1.70. The van der Waals surface area contributed by atoms with Gasteiger partial charge in [-0.25, -0.2) is 0 Å². The highest BCUT2D eigenvalue weighted by atomic mass is 16.6. The standard InChI is InChI=1S/C37H46N2O6/c1-22-10-12-28-27(16-22)37(32(43)38-28)36(31(42)20-45-33(36)44)25(19-39(37)18-24-8-6-5-7-9-24)17-26-23(2)11-13-29-34(26,3)15-14-30(41)35(29,4)21-40/h5-10,12,16,25-26,29-31,40-42H,2,11,13-15,17-21H2,1,3-4H3,(H,38,43)/t25?,26-,29+,30-,31-,34+,35+,36-,37+/m1/s1. The number of anilines is 1. The maximum atomic E-state index is 14.6. The number of benzene rings is 2. The van der Waals surface area contributed by atoms with Gasteiger partial charge in [0.05, 0.1) is 12.7 Å². The van der Waals surface area contributed by atoms with Crippen molar-refractivity contribution in [2.24, 2.45) is 34.0 Å². The second kappa shape index (κ2) is 10.5. The van der Waals surface area contributed by atoms with Gasteiger partial charge >= 0.3 is 5.97 Å². The molecule has 9 atom stereocenters. The number of cyclic esters (lactones) is 1. The molecule has 3 heterocycles. The van der Waals surface area contributed by atoms with Crippen LogP contribution in [0.25, 0.3) is 0 Å². The Labute approximate surface area is 265 Å². The molecule has 2 saturated carbocycles. The molecule has 45 heavy (non-hydrogen) atoms. The molecule has 4 fully saturated rings. The molecule has 0 aromatic heterocycles. The number of allylic oxidation sites excluding steroid dienone is 1. The molecule has 2 aromatic rings. The maximum absolute atomic E-state index is 14.6. The third-order valence-electron chi connectivity index (χ3n) is 13.0. The van der Waals surface area contributed by atoms with Gasteiger partial charge in [0.15, 0.2) is 0 Å². The monoisotopic (exact) mass is 614 g/mol. The number of ether oxygens (including phenoxy) is 1. The number of aliphatic hydroxyl groups is 3. The van der Waals surface area contributed by atoms with E-state index < -0.39 is 40.5 Å². The van der Waals surface area contributed by atoms with E-state index in [-0.39, 0.29) is 36.4 Å². The van der Waals surface area contributed by atoms with Crippen molar-refractivity contribution < 1.29 is 29.6 Å². The van der Waals surface area contributed by atoms with Crippen molar-refractivity contribution in [1.82, 2.24) is 4.90 Å². The Morgan fingerprint density at radius 1 is 1.07 bits per heavy atom. The highest BCUT2D eigenvalue weighted by Gasteiger charge is 2.79.